The molecule has 0 aliphatic carbocycles. The Kier molecular flexibility index (Phi) is 38.1. The highest BCUT2D eigenvalue weighted by Gasteiger charge is 2.10. The van der Waals surface area contributed by atoms with Gasteiger partial charge < -0.3 is 0 Å². The first-order valence-electron chi connectivity index (χ1n) is 24.3. The predicted octanol–water partition coefficient (Wildman–Crippen LogP) is 17.3. The van der Waals surface area contributed by atoms with Crippen LogP contribution < -0.4 is 4.57 Å². The van der Waals surface area contributed by atoms with Gasteiger partial charge in [0.1, 0.15) is 6.54 Å². The van der Waals surface area contributed by atoms with Gasteiger partial charge in [0.2, 0.25) is 0 Å². The smallest absolute Gasteiger partial charge is 0.172 e. The van der Waals surface area contributed by atoms with Gasteiger partial charge in [-0.2, -0.15) is 0 Å². The number of hydrogen-bond acceptors (Lipinski definition) is 0. The third kappa shape index (κ3) is 33.5. The second-order valence-corrected chi connectivity index (χ2v) is 17.0. The van der Waals surface area contributed by atoms with Gasteiger partial charge in [-0.05, 0) is 37.7 Å². The predicted molar refractivity (Wildman–Crippen MR) is 231 cm³/mol. The summed E-state index contributed by atoms with van der Waals surface area (Å²) in [5, 5.41) is 0. The van der Waals surface area contributed by atoms with Crippen LogP contribution in [0, 0.1) is 0 Å². The molecule has 0 fully saturated rings. The summed E-state index contributed by atoms with van der Waals surface area (Å²) in [7, 11) is 0. The number of aromatic nitrogens is 1. The number of unbranched alkanes of at least 4 members (excludes halogenated alkanes) is 36. The molecule has 1 rings (SSSR count). The summed E-state index contributed by atoms with van der Waals surface area (Å²) in [6, 6.07) is 2.51. The maximum Gasteiger partial charge on any atom is 0.172 e. The van der Waals surface area contributed by atoms with Crippen molar-refractivity contribution in [1.82, 2.24) is 0 Å². The molecule has 0 amide bonds. The van der Waals surface area contributed by atoms with Crippen LogP contribution in [0.2, 0.25) is 0 Å². The Balaban J connectivity index is 2.27. The quantitative estimate of drug-likeness (QED) is 0.0470. The Morgan fingerprint density at radius 1 is 0.294 bits per heavy atom. The first-order chi connectivity index (χ1) is 25.3. The van der Waals surface area contributed by atoms with Crippen LogP contribution in [-0.4, -0.2) is 0 Å². The largest absolute Gasteiger partial charge is 0.205 e. The fraction of sp³-hybridized carbons (Fsp3) is 0.900. The van der Waals surface area contributed by atoms with Gasteiger partial charge in [0.25, 0.3) is 0 Å². The molecule has 0 aromatic carbocycles. The minimum atomic E-state index is 1.21. The second-order valence-electron chi connectivity index (χ2n) is 17.0. The zero-order chi connectivity index (χ0) is 36.6. The minimum absolute atomic E-state index is 1.21. The van der Waals surface area contributed by atoms with Gasteiger partial charge >= 0.3 is 0 Å². The Hall–Kier alpha value is -0.850. The molecule has 0 spiro atoms. The Bertz CT molecular complexity index is 798. The molecule has 1 aromatic rings. The summed E-state index contributed by atoms with van der Waals surface area (Å²) in [4.78, 5) is 0. The minimum Gasteiger partial charge on any atom is -0.205 e. The number of nitrogens with zero attached hydrogens (tertiary/aromatic N) is 1. The Morgan fingerprint density at radius 3 is 0.863 bits per heavy atom. The van der Waals surface area contributed by atoms with Crippen LogP contribution in [0.3, 0.4) is 0 Å². The summed E-state index contributed by atoms with van der Waals surface area (Å²) < 4.78 is 2.54. The molecule has 0 aliphatic heterocycles. The Morgan fingerprint density at radius 2 is 0.549 bits per heavy atom. The Labute approximate surface area is 323 Å². The molecule has 0 bridgehead atoms. The van der Waals surface area contributed by atoms with E-state index in [9.17, 15) is 0 Å². The van der Waals surface area contributed by atoms with Crippen LogP contribution >= 0.6 is 0 Å². The van der Waals surface area contributed by atoms with Crippen LogP contribution in [0.25, 0.3) is 0 Å². The van der Waals surface area contributed by atoms with E-state index in [0.29, 0.717) is 0 Å². The molecule has 300 valence electrons. The lowest BCUT2D eigenvalue weighted by atomic mass is 9.97. The average Bonchev–Trinajstić information content (AvgIpc) is 3.14. The topological polar surface area (TPSA) is 3.88 Å². The third-order valence-electron chi connectivity index (χ3n) is 11.8. The van der Waals surface area contributed by atoms with Crippen molar-refractivity contribution >= 4 is 0 Å². The summed E-state index contributed by atoms with van der Waals surface area (Å²) in [6.07, 6.45) is 63.8. The molecule has 51 heavy (non-hydrogen) atoms. The van der Waals surface area contributed by atoms with E-state index in [1.54, 1.807) is 11.1 Å². The van der Waals surface area contributed by atoms with E-state index in [4.69, 9.17) is 0 Å². The normalized spacial score (nSPS) is 11.6. The lowest BCUT2D eigenvalue weighted by Gasteiger charge is -2.10. The average molecular weight is 711 g/mol. The molecule has 1 nitrogen and oxygen atoms in total. The highest BCUT2D eigenvalue weighted by atomic mass is 14.9. The monoisotopic (exact) mass is 711 g/mol. The molecule has 0 radical (unpaired) electrons. The molecular formula is C50H96N+. The van der Waals surface area contributed by atoms with Gasteiger partial charge in [-0.25, -0.2) is 4.57 Å². The van der Waals surface area contributed by atoms with Gasteiger partial charge in [-0.15, -0.1) is 0 Å². The van der Waals surface area contributed by atoms with Crippen molar-refractivity contribution in [3.8, 4) is 0 Å². The van der Waals surface area contributed by atoms with E-state index in [2.05, 4.69) is 43.8 Å². The lowest BCUT2D eigenvalue weighted by Crippen LogP contribution is -2.34. The fourth-order valence-corrected chi connectivity index (χ4v) is 8.21. The number of aryl methyl sites for hydroxylation is 3. The highest BCUT2D eigenvalue weighted by Crippen LogP contribution is 2.19. The van der Waals surface area contributed by atoms with E-state index >= 15 is 0 Å². The molecule has 0 N–H and O–H groups in total. The van der Waals surface area contributed by atoms with Crippen molar-refractivity contribution in [3.05, 3.63) is 29.6 Å². The highest BCUT2D eigenvalue weighted by molar-refractivity contribution is 5.21. The van der Waals surface area contributed by atoms with Gasteiger partial charge in [0.15, 0.2) is 12.4 Å². The number of rotatable bonds is 42. The fourth-order valence-electron chi connectivity index (χ4n) is 8.21. The van der Waals surface area contributed by atoms with E-state index in [1.165, 1.54) is 270 Å². The molecular weight excluding hydrogens is 615 g/mol. The van der Waals surface area contributed by atoms with E-state index in [0.717, 1.165) is 0 Å². The van der Waals surface area contributed by atoms with Crippen LogP contribution in [0.1, 0.15) is 282 Å². The van der Waals surface area contributed by atoms with Crippen molar-refractivity contribution in [2.24, 2.45) is 0 Å². The zero-order valence-corrected chi connectivity index (χ0v) is 35.9. The second kappa shape index (κ2) is 40.3. The summed E-state index contributed by atoms with van der Waals surface area (Å²) in [5.74, 6) is 0. The zero-order valence-electron chi connectivity index (χ0n) is 35.9. The molecule has 0 saturated heterocycles. The summed E-state index contributed by atoms with van der Waals surface area (Å²) in [6.45, 7) is 8.16. The number of pyridine rings is 1. The molecule has 0 aliphatic rings. The molecule has 1 heterocycles. The van der Waals surface area contributed by atoms with Crippen LogP contribution in [0.5, 0.6) is 0 Å². The third-order valence-corrected chi connectivity index (χ3v) is 11.8. The summed E-state index contributed by atoms with van der Waals surface area (Å²) >= 11 is 0. The molecule has 1 heteroatoms. The van der Waals surface area contributed by atoms with Crippen molar-refractivity contribution in [2.75, 3.05) is 0 Å². The summed E-state index contributed by atoms with van der Waals surface area (Å²) in [5.41, 5.74) is 3.34. The SMILES string of the molecule is CCCCCCCCCCCCCCCCCc1cc[n+](CCCCCCCCCCC)cc1CCCCCCCCCCCCCCCCC. The van der Waals surface area contributed by atoms with Crippen molar-refractivity contribution in [3.63, 3.8) is 0 Å². The van der Waals surface area contributed by atoms with E-state index < -0.39 is 0 Å². The molecule has 0 atom stereocenters. The van der Waals surface area contributed by atoms with Crippen LogP contribution in [0.4, 0.5) is 0 Å². The molecule has 1 aromatic heterocycles. The van der Waals surface area contributed by atoms with E-state index in [1.807, 2.05) is 0 Å². The van der Waals surface area contributed by atoms with Gasteiger partial charge in [-0.1, -0.05) is 245 Å². The van der Waals surface area contributed by atoms with E-state index in [-0.39, 0.29) is 0 Å². The van der Waals surface area contributed by atoms with Crippen LogP contribution in [0.15, 0.2) is 18.5 Å². The molecule has 0 saturated carbocycles. The van der Waals surface area contributed by atoms with Gasteiger partial charge in [0.05, 0.1) is 0 Å². The van der Waals surface area contributed by atoms with Crippen molar-refractivity contribution < 1.29 is 4.57 Å². The number of hydrogen-bond donors (Lipinski definition) is 0. The first kappa shape index (κ1) is 48.2. The van der Waals surface area contributed by atoms with Crippen LogP contribution in [-0.2, 0) is 19.4 Å². The first-order valence-corrected chi connectivity index (χ1v) is 24.3. The van der Waals surface area contributed by atoms with Crippen molar-refractivity contribution in [1.29, 1.82) is 0 Å². The maximum atomic E-state index is 2.56. The maximum absolute atomic E-state index is 2.56. The molecule has 0 unspecified atom stereocenters. The standard InChI is InChI=1S/C50H96N/c1-4-7-10-13-16-19-21-23-25-27-29-31-34-37-40-43-49-45-47-51(46-42-39-36-33-18-15-12-9-6-3)48-50(49)44-41-38-35-32-30-28-26-24-22-20-17-14-11-8-5-2/h45,47-48H,4-44,46H2,1-3H3/q+1. The van der Waals surface area contributed by atoms with Gasteiger partial charge in [0, 0.05) is 18.1 Å². The lowest BCUT2D eigenvalue weighted by molar-refractivity contribution is -0.697. The van der Waals surface area contributed by atoms with Crippen molar-refractivity contribution in [2.45, 2.75) is 291 Å². The van der Waals surface area contributed by atoms with Gasteiger partial charge in [-0.3, -0.25) is 0 Å².